The molecule has 0 bridgehead atoms. The van der Waals surface area contributed by atoms with Crippen molar-refractivity contribution >= 4 is 11.9 Å². The highest BCUT2D eigenvalue weighted by Crippen LogP contribution is 2.25. The SMILES string of the molecule is CC(C)C(=O)N(CCC1(C)OC=CO1)[C@H](C(=O)O)C(C)C. The van der Waals surface area contributed by atoms with Gasteiger partial charge in [0.2, 0.25) is 11.7 Å². The summed E-state index contributed by atoms with van der Waals surface area (Å²) in [6.45, 7) is 9.15. The molecule has 120 valence electrons. The fourth-order valence-electron chi connectivity index (χ4n) is 2.31. The maximum atomic E-state index is 12.4. The summed E-state index contributed by atoms with van der Waals surface area (Å²) in [6, 6.07) is -0.849. The zero-order valence-electron chi connectivity index (χ0n) is 13.3. The van der Waals surface area contributed by atoms with Crippen LogP contribution in [0.4, 0.5) is 0 Å². The highest BCUT2D eigenvalue weighted by Gasteiger charge is 2.37. The Labute approximate surface area is 125 Å². The van der Waals surface area contributed by atoms with Gasteiger partial charge in [-0.1, -0.05) is 27.7 Å². The van der Waals surface area contributed by atoms with E-state index in [-0.39, 0.29) is 24.3 Å². The lowest BCUT2D eigenvalue weighted by atomic mass is 10.00. The van der Waals surface area contributed by atoms with Crippen LogP contribution in [0.2, 0.25) is 0 Å². The minimum Gasteiger partial charge on any atom is -0.480 e. The molecule has 0 aromatic carbocycles. The van der Waals surface area contributed by atoms with Crippen molar-refractivity contribution in [3.05, 3.63) is 12.5 Å². The van der Waals surface area contributed by atoms with Crippen LogP contribution in [0.25, 0.3) is 0 Å². The number of amides is 1. The zero-order chi connectivity index (χ0) is 16.2. The molecule has 1 aliphatic heterocycles. The van der Waals surface area contributed by atoms with Gasteiger partial charge in [-0.05, 0) is 5.92 Å². The minimum atomic E-state index is -0.990. The topological polar surface area (TPSA) is 76.1 Å². The first-order valence-electron chi connectivity index (χ1n) is 7.22. The number of rotatable bonds is 7. The van der Waals surface area contributed by atoms with Crippen LogP contribution >= 0.6 is 0 Å². The van der Waals surface area contributed by atoms with Gasteiger partial charge in [0, 0.05) is 25.8 Å². The molecule has 0 saturated carbocycles. The van der Waals surface area contributed by atoms with Gasteiger partial charge < -0.3 is 19.5 Å². The van der Waals surface area contributed by atoms with Gasteiger partial charge in [0.1, 0.15) is 18.6 Å². The molecular weight excluding hydrogens is 274 g/mol. The molecule has 0 spiro atoms. The second-order valence-corrected chi connectivity index (χ2v) is 6.11. The van der Waals surface area contributed by atoms with Crippen LogP contribution in [0.15, 0.2) is 12.5 Å². The molecule has 1 N–H and O–H groups in total. The third-order valence-corrected chi connectivity index (χ3v) is 3.49. The summed E-state index contributed by atoms with van der Waals surface area (Å²) in [6.07, 6.45) is 3.30. The molecule has 0 saturated heterocycles. The molecule has 0 unspecified atom stereocenters. The largest absolute Gasteiger partial charge is 0.480 e. The van der Waals surface area contributed by atoms with Crippen LogP contribution in [0.3, 0.4) is 0 Å². The lowest BCUT2D eigenvalue weighted by molar-refractivity contribution is -0.159. The number of nitrogens with zero attached hydrogens (tertiary/aromatic N) is 1. The maximum absolute atomic E-state index is 12.4. The number of hydrogen-bond acceptors (Lipinski definition) is 4. The first-order valence-corrected chi connectivity index (χ1v) is 7.22. The van der Waals surface area contributed by atoms with Gasteiger partial charge in [0.25, 0.3) is 0 Å². The van der Waals surface area contributed by atoms with Crippen LogP contribution in [0.5, 0.6) is 0 Å². The van der Waals surface area contributed by atoms with Crippen LogP contribution in [0, 0.1) is 11.8 Å². The van der Waals surface area contributed by atoms with E-state index >= 15 is 0 Å². The van der Waals surface area contributed by atoms with Crippen molar-refractivity contribution in [1.29, 1.82) is 0 Å². The molecule has 0 aliphatic carbocycles. The van der Waals surface area contributed by atoms with Crippen molar-refractivity contribution in [2.75, 3.05) is 6.54 Å². The third-order valence-electron chi connectivity index (χ3n) is 3.49. The Kier molecular flexibility index (Phi) is 5.63. The lowest BCUT2D eigenvalue weighted by Gasteiger charge is -2.35. The van der Waals surface area contributed by atoms with E-state index in [1.165, 1.54) is 17.4 Å². The van der Waals surface area contributed by atoms with Crippen LogP contribution < -0.4 is 0 Å². The summed E-state index contributed by atoms with van der Waals surface area (Å²) in [4.78, 5) is 25.3. The van der Waals surface area contributed by atoms with Gasteiger partial charge in [0.15, 0.2) is 0 Å². The molecule has 1 aliphatic rings. The molecule has 1 rings (SSSR count). The van der Waals surface area contributed by atoms with E-state index in [0.29, 0.717) is 6.42 Å². The Hall–Kier alpha value is -1.72. The molecule has 1 heterocycles. The second kappa shape index (κ2) is 6.83. The average molecular weight is 299 g/mol. The Bertz CT molecular complexity index is 408. The van der Waals surface area contributed by atoms with Crippen molar-refractivity contribution in [3.8, 4) is 0 Å². The van der Waals surface area contributed by atoms with Crippen LogP contribution in [0.1, 0.15) is 41.0 Å². The highest BCUT2D eigenvalue weighted by atomic mass is 16.7. The van der Waals surface area contributed by atoms with E-state index in [1.807, 2.05) is 0 Å². The Morgan fingerprint density at radius 3 is 2.10 bits per heavy atom. The number of hydrogen-bond donors (Lipinski definition) is 1. The fraction of sp³-hybridized carbons (Fsp3) is 0.733. The molecule has 0 aromatic heterocycles. The van der Waals surface area contributed by atoms with Gasteiger partial charge in [0.05, 0.1) is 0 Å². The van der Waals surface area contributed by atoms with Crippen LogP contribution in [-0.2, 0) is 19.1 Å². The van der Waals surface area contributed by atoms with E-state index in [9.17, 15) is 14.7 Å². The Morgan fingerprint density at radius 1 is 1.19 bits per heavy atom. The number of aliphatic carboxylic acids is 1. The van der Waals surface area contributed by atoms with E-state index in [1.54, 1.807) is 34.6 Å². The normalized spacial score (nSPS) is 17.5. The minimum absolute atomic E-state index is 0.175. The van der Waals surface area contributed by atoms with Gasteiger partial charge in [-0.2, -0.15) is 0 Å². The van der Waals surface area contributed by atoms with Gasteiger partial charge >= 0.3 is 5.97 Å². The fourth-order valence-corrected chi connectivity index (χ4v) is 2.31. The van der Waals surface area contributed by atoms with Gasteiger partial charge in [-0.15, -0.1) is 0 Å². The van der Waals surface area contributed by atoms with E-state index in [4.69, 9.17) is 9.47 Å². The summed E-state index contributed by atoms with van der Waals surface area (Å²) in [5.74, 6) is -2.44. The predicted molar refractivity (Wildman–Crippen MR) is 77.1 cm³/mol. The van der Waals surface area contributed by atoms with E-state index in [0.717, 1.165) is 0 Å². The first-order chi connectivity index (χ1) is 9.68. The molecule has 0 radical (unpaired) electrons. The van der Waals surface area contributed by atoms with Crippen LogP contribution in [-0.4, -0.2) is 40.3 Å². The quantitative estimate of drug-likeness (QED) is 0.780. The summed E-state index contributed by atoms with van der Waals surface area (Å²) in [5.41, 5.74) is 0. The third kappa shape index (κ3) is 4.37. The predicted octanol–water partition coefficient (Wildman–Crippen LogP) is 2.20. The molecular formula is C15H25NO5. The molecule has 21 heavy (non-hydrogen) atoms. The molecule has 6 heteroatoms. The number of carbonyl (C=O) groups excluding carboxylic acids is 1. The first kappa shape index (κ1) is 17.3. The van der Waals surface area contributed by atoms with E-state index in [2.05, 4.69) is 0 Å². The zero-order valence-corrected chi connectivity index (χ0v) is 13.3. The summed E-state index contributed by atoms with van der Waals surface area (Å²) >= 11 is 0. The van der Waals surface area contributed by atoms with Crippen molar-refractivity contribution in [2.45, 2.75) is 52.9 Å². The Morgan fingerprint density at radius 2 is 1.71 bits per heavy atom. The van der Waals surface area contributed by atoms with E-state index < -0.39 is 17.8 Å². The summed E-state index contributed by atoms with van der Waals surface area (Å²) in [5, 5.41) is 9.43. The van der Waals surface area contributed by atoms with Crippen molar-refractivity contribution in [2.24, 2.45) is 11.8 Å². The standard InChI is InChI=1S/C15H25NO5/c1-10(2)12(14(18)19)16(13(17)11(3)4)7-6-15(5)20-8-9-21-15/h8-12H,6-7H2,1-5H3,(H,18,19)/t12-/m0/s1. The molecule has 0 fully saturated rings. The highest BCUT2D eigenvalue weighted by molar-refractivity contribution is 5.84. The maximum Gasteiger partial charge on any atom is 0.326 e. The number of carboxylic acids is 1. The van der Waals surface area contributed by atoms with Crippen molar-refractivity contribution < 1.29 is 24.2 Å². The smallest absolute Gasteiger partial charge is 0.326 e. The average Bonchev–Trinajstić information content (AvgIpc) is 2.79. The van der Waals surface area contributed by atoms with Crippen molar-refractivity contribution in [1.82, 2.24) is 4.90 Å². The molecule has 0 aromatic rings. The lowest BCUT2D eigenvalue weighted by Crippen LogP contribution is -2.51. The molecule has 6 nitrogen and oxygen atoms in total. The number of carbonyl (C=O) groups is 2. The Balaban J connectivity index is 2.86. The number of carboxylic acid groups (broad SMARTS) is 1. The molecule has 1 amide bonds. The second-order valence-electron chi connectivity index (χ2n) is 6.11. The monoisotopic (exact) mass is 299 g/mol. The number of ether oxygens (including phenoxy) is 2. The van der Waals surface area contributed by atoms with Crippen molar-refractivity contribution in [3.63, 3.8) is 0 Å². The summed E-state index contributed by atoms with van der Waals surface area (Å²) < 4.78 is 10.7. The van der Waals surface area contributed by atoms with Gasteiger partial charge in [-0.25, -0.2) is 4.79 Å². The summed E-state index contributed by atoms with van der Waals surface area (Å²) in [7, 11) is 0. The molecule has 1 atom stereocenters. The van der Waals surface area contributed by atoms with Gasteiger partial charge in [-0.3, -0.25) is 4.79 Å².